The zero-order valence-electron chi connectivity index (χ0n) is 15.8. The number of hydrogen-bond acceptors (Lipinski definition) is 4. The number of anilines is 3. The fourth-order valence-electron chi connectivity index (χ4n) is 3.54. The lowest BCUT2D eigenvalue weighted by Gasteiger charge is -2.14. The Bertz CT molecular complexity index is 1060. The molecule has 0 atom stereocenters. The van der Waals surface area contributed by atoms with Gasteiger partial charge in [-0.2, -0.15) is 13.2 Å². The Kier molecular flexibility index (Phi) is 5.07. The molecule has 1 heterocycles. The predicted molar refractivity (Wildman–Crippen MR) is 108 cm³/mol. The number of aromatic nitrogens is 1. The van der Waals surface area contributed by atoms with Crippen molar-refractivity contribution >= 4 is 23.1 Å². The summed E-state index contributed by atoms with van der Waals surface area (Å²) in [6, 6.07) is 15.5. The highest BCUT2D eigenvalue weighted by Crippen LogP contribution is 2.30. The lowest BCUT2D eigenvalue weighted by Crippen LogP contribution is -2.35. The van der Waals surface area contributed by atoms with E-state index in [4.69, 9.17) is 5.73 Å². The fraction of sp³-hybridized carbons (Fsp3) is 0.182. The Hall–Kier alpha value is -3.55. The van der Waals surface area contributed by atoms with Gasteiger partial charge in [0.05, 0.1) is 5.56 Å². The Morgan fingerprint density at radius 2 is 1.63 bits per heavy atom. The number of carbonyl (C=O) groups is 1. The lowest BCUT2D eigenvalue weighted by atomic mass is 10.1. The van der Waals surface area contributed by atoms with Gasteiger partial charge in [0.2, 0.25) is 0 Å². The van der Waals surface area contributed by atoms with Crippen LogP contribution in [0.3, 0.4) is 0 Å². The number of fused-ring (bicyclic) bond motifs is 1. The molecule has 0 radical (unpaired) electrons. The minimum absolute atomic E-state index is 0.0237. The third-order valence-corrected chi connectivity index (χ3v) is 4.95. The summed E-state index contributed by atoms with van der Waals surface area (Å²) in [5, 5.41) is 5.86. The summed E-state index contributed by atoms with van der Waals surface area (Å²) in [6.07, 6.45) is -2.90. The van der Waals surface area contributed by atoms with E-state index in [1.165, 1.54) is 35.4 Å². The lowest BCUT2D eigenvalue weighted by molar-refractivity contribution is -0.137. The normalized spacial score (nSPS) is 13.7. The molecule has 5 nitrogen and oxygen atoms in total. The molecular weight excluding hydrogens is 393 g/mol. The second-order valence-electron chi connectivity index (χ2n) is 7.22. The van der Waals surface area contributed by atoms with E-state index in [-0.39, 0.29) is 23.5 Å². The first kappa shape index (κ1) is 19.8. The maximum absolute atomic E-state index is 12.7. The number of nitrogens with two attached hydrogens (primary N) is 1. The van der Waals surface area contributed by atoms with E-state index in [0.717, 1.165) is 25.0 Å². The van der Waals surface area contributed by atoms with Gasteiger partial charge in [-0.25, -0.2) is 4.98 Å². The van der Waals surface area contributed by atoms with E-state index < -0.39 is 11.7 Å². The third-order valence-electron chi connectivity index (χ3n) is 4.95. The molecule has 1 aliphatic carbocycles. The first-order valence-electron chi connectivity index (χ1n) is 9.37. The van der Waals surface area contributed by atoms with Crippen molar-refractivity contribution in [3.63, 3.8) is 0 Å². The van der Waals surface area contributed by atoms with Crippen LogP contribution in [0.1, 0.15) is 27.2 Å². The van der Waals surface area contributed by atoms with Crippen molar-refractivity contribution in [3.8, 4) is 0 Å². The van der Waals surface area contributed by atoms with E-state index in [1.807, 2.05) is 24.3 Å². The second kappa shape index (κ2) is 7.70. The number of pyridine rings is 1. The summed E-state index contributed by atoms with van der Waals surface area (Å²) in [6.45, 7) is 0. The summed E-state index contributed by atoms with van der Waals surface area (Å²) in [4.78, 5) is 16.9. The average Bonchev–Trinajstić information content (AvgIpc) is 3.09. The van der Waals surface area contributed by atoms with Gasteiger partial charge in [-0.1, -0.05) is 24.3 Å². The molecule has 4 N–H and O–H groups in total. The number of amides is 1. The number of rotatable bonds is 4. The number of nitrogens with zero attached hydrogens (tertiary/aromatic N) is 1. The highest BCUT2D eigenvalue weighted by atomic mass is 19.4. The zero-order chi connectivity index (χ0) is 21.3. The molecule has 0 fully saturated rings. The van der Waals surface area contributed by atoms with Gasteiger partial charge in [0.1, 0.15) is 11.5 Å². The molecule has 0 saturated carbocycles. The number of halogens is 3. The molecule has 1 aromatic heterocycles. The van der Waals surface area contributed by atoms with Gasteiger partial charge >= 0.3 is 6.18 Å². The quantitative estimate of drug-likeness (QED) is 0.596. The first-order chi connectivity index (χ1) is 14.3. The van der Waals surface area contributed by atoms with Crippen molar-refractivity contribution < 1.29 is 18.0 Å². The van der Waals surface area contributed by atoms with E-state index >= 15 is 0 Å². The zero-order valence-corrected chi connectivity index (χ0v) is 15.8. The highest BCUT2D eigenvalue weighted by Gasteiger charge is 2.30. The summed E-state index contributed by atoms with van der Waals surface area (Å²) < 4.78 is 38.1. The minimum Gasteiger partial charge on any atom is -0.399 e. The molecular formula is C22H19F3N4O. The predicted octanol–water partition coefficient (Wildman–Crippen LogP) is 4.32. The Morgan fingerprint density at radius 1 is 1.00 bits per heavy atom. The molecule has 1 aliphatic rings. The van der Waals surface area contributed by atoms with Crippen LogP contribution in [0.4, 0.5) is 30.4 Å². The molecule has 154 valence electrons. The van der Waals surface area contributed by atoms with Crippen LogP contribution in [0.5, 0.6) is 0 Å². The molecule has 0 spiro atoms. The number of hydrogen-bond donors (Lipinski definition) is 3. The highest BCUT2D eigenvalue weighted by molar-refractivity contribution is 5.94. The van der Waals surface area contributed by atoms with Gasteiger partial charge in [-0.3, -0.25) is 4.79 Å². The third kappa shape index (κ3) is 4.37. The first-order valence-corrected chi connectivity index (χ1v) is 9.37. The van der Waals surface area contributed by atoms with Gasteiger partial charge in [0.15, 0.2) is 0 Å². The number of alkyl halides is 3. The van der Waals surface area contributed by atoms with Crippen LogP contribution in [0.15, 0.2) is 60.7 Å². The van der Waals surface area contributed by atoms with Gasteiger partial charge in [-0.05, 0) is 54.3 Å². The monoisotopic (exact) mass is 412 g/mol. The maximum atomic E-state index is 12.7. The number of nitrogens with one attached hydrogen (secondary N) is 2. The minimum atomic E-state index is -4.40. The van der Waals surface area contributed by atoms with Crippen LogP contribution in [0, 0.1) is 0 Å². The van der Waals surface area contributed by atoms with Crippen molar-refractivity contribution in [2.45, 2.75) is 25.1 Å². The summed E-state index contributed by atoms with van der Waals surface area (Å²) >= 11 is 0. The van der Waals surface area contributed by atoms with Gasteiger partial charge in [-0.15, -0.1) is 0 Å². The van der Waals surface area contributed by atoms with Crippen LogP contribution >= 0.6 is 0 Å². The molecule has 0 bridgehead atoms. The number of carbonyl (C=O) groups excluding carboxylic acids is 1. The van der Waals surface area contributed by atoms with Gasteiger partial charge in [0.25, 0.3) is 5.91 Å². The number of nitrogen functional groups attached to an aromatic ring is 1. The molecule has 30 heavy (non-hydrogen) atoms. The van der Waals surface area contributed by atoms with Crippen LogP contribution < -0.4 is 16.4 Å². The van der Waals surface area contributed by atoms with E-state index in [1.54, 1.807) is 0 Å². The van der Waals surface area contributed by atoms with Crippen LogP contribution in [0.25, 0.3) is 0 Å². The van der Waals surface area contributed by atoms with E-state index in [9.17, 15) is 18.0 Å². The summed E-state index contributed by atoms with van der Waals surface area (Å²) in [5.41, 5.74) is 8.45. The second-order valence-corrected chi connectivity index (χ2v) is 7.22. The van der Waals surface area contributed by atoms with Crippen molar-refractivity contribution in [2.75, 3.05) is 11.1 Å². The molecule has 8 heteroatoms. The molecule has 0 unspecified atom stereocenters. The molecule has 1 amide bonds. The summed E-state index contributed by atoms with van der Waals surface area (Å²) in [7, 11) is 0. The molecule has 2 aromatic carbocycles. The average molecular weight is 412 g/mol. The maximum Gasteiger partial charge on any atom is 0.416 e. The Balaban J connectivity index is 1.46. The number of benzene rings is 2. The molecule has 3 aromatic rings. The van der Waals surface area contributed by atoms with Gasteiger partial charge < -0.3 is 16.4 Å². The van der Waals surface area contributed by atoms with E-state index in [0.29, 0.717) is 11.4 Å². The SMILES string of the molecule is Nc1cc(Nc2ccc(C(F)(F)F)cc2)nc(C(=O)NC2Cc3ccccc3C2)c1. The largest absolute Gasteiger partial charge is 0.416 e. The Labute approximate surface area is 171 Å². The molecule has 0 aliphatic heterocycles. The van der Waals surface area contributed by atoms with Gasteiger partial charge in [0, 0.05) is 23.5 Å². The van der Waals surface area contributed by atoms with E-state index in [2.05, 4.69) is 15.6 Å². The van der Waals surface area contributed by atoms with Crippen LogP contribution in [-0.2, 0) is 19.0 Å². The van der Waals surface area contributed by atoms with Crippen molar-refractivity contribution in [1.82, 2.24) is 10.3 Å². The van der Waals surface area contributed by atoms with Crippen molar-refractivity contribution in [1.29, 1.82) is 0 Å². The van der Waals surface area contributed by atoms with Crippen LogP contribution in [-0.4, -0.2) is 16.9 Å². The van der Waals surface area contributed by atoms with Crippen molar-refractivity contribution in [2.24, 2.45) is 0 Å². The molecule has 4 rings (SSSR count). The molecule has 0 saturated heterocycles. The van der Waals surface area contributed by atoms with Crippen LogP contribution in [0.2, 0.25) is 0 Å². The Morgan fingerprint density at radius 3 is 2.23 bits per heavy atom. The smallest absolute Gasteiger partial charge is 0.399 e. The topological polar surface area (TPSA) is 80.0 Å². The van der Waals surface area contributed by atoms with Crippen molar-refractivity contribution in [3.05, 3.63) is 83.0 Å². The summed E-state index contributed by atoms with van der Waals surface area (Å²) in [5.74, 6) is -0.0785. The standard InChI is InChI=1S/C22H19F3N4O/c23-22(24,25)15-5-7-17(8-6-15)27-20-12-16(26)11-19(29-20)21(30)28-18-9-13-3-1-2-4-14(13)10-18/h1-8,11-12,18H,9-10H2,(H,28,30)(H3,26,27,29). The fourth-order valence-corrected chi connectivity index (χ4v) is 3.54.